The third kappa shape index (κ3) is 5.89. The first-order chi connectivity index (χ1) is 8.95. The van der Waals surface area contributed by atoms with Gasteiger partial charge < -0.3 is 0 Å². The minimum absolute atomic E-state index is 0.520. The van der Waals surface area contributed by atoms with Crippen molar-refractivity contribution in [3.05, 3.63) is 35.9 Å². The Morgan fingerprint density at radius 1 is 1.16 bits per heavy atom. The van der Waals surface area contributed by atoms with E-state index < -0.39 is 8.07 Å². The number of likely N-dealkylation sites (N-methyl/N-ethyl adjacent to an activating group) is 1. The van der Waals surface area contributed by atoms with E-state index in [1.807, 2.05) is 0 Å². The van der Waals surface area contributed by atoms with Crippen LogP contribution in [0.3, 0.4) is 0 Å². The van der Waals surface area contributed by atoms with Crippen LogP contribution < -0.4 is 0 Å². The average molecular weight is 280 g/mol. The van der Waals surface area contributed by atoms with Gasteiger partial charge in [-0.3, -0.25) is 4.84 Å². The van der Waals surface area contributed by atoms with Crippen molar-refractivity contribution in [1.29, 1.82) is 0 Å². The summed E-state index contributed by atoms with van der Waals surface area (Å²) in [5, 5.41) is 2.12. The molecule has 1 rings (SSSR count). The van der Waals surface area contributed by atoms with E-state index in [4.69, 9.17) is 4.84 Å². The quantitative estimate of drug-likeness (QED) is 0.403. The minimum atomic E-state index is -1.29. The fourth-order valence-corrected chi connectivity index (χ4v) is 4.27. The Balaban J connectivity index is 2.67. The van der Waals surface area contributed by atoms with E-state index in [2.05, 4.69) is 69.0 Å². The van der Waals surface area contributed by atoms with Gasteiger partial charge in [0.1, 0.15) is 0 Å². The molecule has 0 saturated carbocycles. The number of rotatable bonds is 8. The van der Waals surface area contributed by atoms with E-state index in [9.17, 15) is 0 Å². The van der Waals surface area contributed by atoms with Gasteiger partial charge in [0, 0.05) is 12.7 Å². The van der Waals surface area contributed by atoms with Crippen molar-refractivity contribution >= 4 is 8.07 Å². The molecule has 0 bridgehead atoms. The molecule has 0 amide bonds. The van der Waals surface area contributed by atoms with Crippen molar-refractivity contribution in [3.8, 4) is 0 Å². The minimum Gasteiger partial charge on any atom is -0.299 e. The maximum absolute atomic E-state index is 5.91. The summed E-state index contributed by atoms with van der Waals surface area (Å²) in [6, 6.07) is 10.7. The summed E-state index contributed by atoms with van der Waals surface area (Å²) in [7, 11) is 0.807. The number of benzene rings is 1. The lowest BCUT2D eigenvalue weighted by molar-refractivity contribution is -0.152. The zero-order valence-electron chi connectivity index (χ0n) is 13.1. The van der Waals surface area contributed by atoms with Crippen LogP contribution in [0.25, 0.3) is 0 Å². The Labute approximate surface area is 119 Å². The fraction of sp³-hybridized carbons (Fsp3) is 0.625. The van der Waals surface area contributed by atoms with Crippen LogP contribution in [0.5, 0.6) is 0 Å². The van der Waals surface area contributed by atoms with E-state index in [0.29, 0.717) is 5.67 Å². The molecule has 3 heteroatoms. The Bertz CT molecular complexity index is 348. The molecule has 1 atom stereocenters. The topological polar surface area (TPSA) is 12.5 Å². The molecule has 19 heavy (non-hydrogen) atoms. The van der Waals surface area contributed by atoms with E-state index in [1.165, 1.54) is 12.0 Å². The first-order valence-corrected chi connectivity index (χ1v) is 10.9. The van der Waals surface area contributed by atoms with Crippen LogP contribution >= 0.6 is 0 Å². The summed E-state index contributed by atoms with van der Waals surface area (Å²) >= 11 is 0. The second kappa shape index (κ2) is 7.83. The zero-order valence-corrected chi connectivity index (χ0v) is 14.1. The van der Waals surface area contributed by atoms with Gasteiger partial charge in [0.05, 0.1) is 14.7 Å². The molecule has 0 heterocycles. The van der Waals surface area contributed by atoms with Crippen molar-refractivity contribution in [1.82, 2.24) is 5.06 Å². The highest BCUT2D eigenvalue weighted by molar-refractivity contribution is 6.77. The van der Waals surface area contributed by atoms with Crippen LogP contribution in [0.4, 0.5) is 0 Å². The molecule has 2 nitrogen and oxygen atoms in total. The summed E-state index contributed by atoms with van der Waals surface area (Å²) in [6.07, 6.45) is 3.40. The molecule has 1 aromatic rings. The van der Waals surface area contributed by atoms with Gasteiger partial charge in [0.2, 0.25) is 0 Å². The Kier molecular flexibility index (Phi) is 6.76. The van der Waals surface area contributed by atoms with Crippen LogP contribution in [0.1, 0.15) is 25.3 Å². The Hall–Kier alpha value is -0.643. The molecule has 0 saturated heterocycles. The fourth-order valence-electron chi connectivity index (χ4n) is 2.26. The molecule has 0 aromatic heterocycles. The Morgan fingerprint density at radius 2 is 1.79 bits per heavy atom. The largest absolute Gasteiger partial charge is 0.299 e. The van der Waals surface area contributed by atoms with Crippen molar-refractivity contribution in [2.75, 3.05) is 13.7 Å². The number of hydroxylamine groups is 2. The number of hydrogen-bond acceptors (Lipinski definition) is 2. The van der Waals surface area contributed by atoms with Gasteiger partial charge >= 0.3 is 0 Å². The number of unbranched alkanes of at least 4 members (excludes halogenated alkanes) is 1. The maximum atomic E-state index is 5.91. The highest BCUT2D eigenvalue weighted by Crippen LogP contribution is 2.19. The molecule has 0 N–H and O–H groups in total. The standard InChI is InChI=1S/C16H29NOSi/c1-6-7-13-18-17(2)16(19(3,4)5)14-15-11-9-8-10-12-15/h8-12,16H,6-7,13-14H2,1-5H3. The smallest absolute Gasteiger partial charge is 0.0684 e. The second-order valence-corrected chi connectivity index (χ2v) is 11.7. The van der Waals surface area contributed by atoms with Crippen molar-refractivity contribution in [3.63, 3.8) is 0 Å². The second-order valence-electron chi connectivity index (χ2n) is 6.30. The van der Waals surface area contributed by atoms with Gasteiger partial charge in [-0.2, -0.15) is 5.06 Å². The maximum Gasteiger partial charge on any atom is 0.0684 e. The molecule has 0 aliphatic carbocycles. The molecule has 108 valence electrons. The summed E-state index contributed by atoms with van der Waals surface area (Å²) in [5.74, 6) is 0. The summed E-state index contributed by atoms with van der Waals surface area (Å²) in [4.78, 5) is 5.91. The predicted octanol–water partition coefficient (Wildman–Crippen LogP) is 4.14. The van der Waals surface area contributed by atoms with Crippen LogP contribution in [0.15, 0.2) is 30.3 Å². The SMILES string of the molecule is CCCCON(C)C(Cc1ccccc1)[Si](C)(C)C. The number of nitrogens with zero attached hydrogens (tertiary/aromatic N) is 1. The summed E-state index contributed by atoms with van der Waals surface area (Å²) in [6.45, 7) is 10.3. The molecule has 0 fully saturated rings. The van der Waals surface area contributed by atoms with Gasteiger partial charge in [0.25, 0.3) is 0 Å². The molecular formula is C16H29NOSi. The van der Waals surface area contributed by atoms with Crippen LogP contribution in [-0.4, -0.2) is 32.5 Å². The van der Waals surface area contributed by atoms with Crippen molar-refractivity contribution in [2.45, 2.75) is 51.5 Å². The normalized spacial score (nSPS) is 13.8. The van der Waals surface area contributed by atoms with E-state index in [-0.39, 0.29) is 0 Å². The van der Waals surface area contributed by atoms with Gasteiger partial charge in [0.15, 0.2) is 0 Å². The van der Waals surface area contributed by atoms with E-state index in [1.54, 1.807) is 0 Å². The Morgan fingerprint density at radius 3 is 2.32 bits per heavy atom. The van der Waals surface area contributed by atoms with Gasteiger partial charge in [-0.1, -0.05) is 63.3 Å². The van der Waals surface area contributed by atoms with Gasteiger partial charge in [-0.05, 0) is 18.4 Å². The molecule has 1 unspecified atom stereocenters. The van der Waals surface area contributed by atoms with Crippen LogP contribution in [0, 0.1) is 0 Å². The number of hydrogen-bond donors (Lipinski definition) is 0. The van der Waals surface area contributed by atoms with Crippen LogP contribution in [0.2, 0.25) is 19.6 Å². The first kappa shape index (κ1) is 16.4. The van der Waals surface area contributed by atoms with Crippen molar-refractivity contribution in [2.24, 2.45) is 0 Å². The molecule has 0 aliphatic rings. The van der Waals surface area contributed by atoms with Gasteiger partial charge in [-0.25, -0.2) is 0 Å². The summed E-state index contributed by atoms with van der Waals surface area (Å²) in [5.41, 5.74) is 1.92. The van der Waals surface area contributed by atoms with E-state index >= 15 is 0 Å². The lowest BCUT2D eigenvalue weighted by atomic mass is 10.1. The lowest BCUT2D eigenvalue weighted by Gasteiger charge is -2.36. The average Bonchev–Trinajstić information content (AvgIpc) is 2.36. The molecule has 0 spiro atoms. The zero-order chi connectivity index (χ0) is 14.3. The van der Waals surface area contributed by atoms with Crippen molar-refractivity contribution < 1.29 is 4.84 Å². The highest BCUT2D eigenvalue weighted by Gasteiger charge is 2.31. The third-order valence-corrected chi connectivity index (χ3v) is 6.07. The monoisotopic (exact) mass is 279 g/mol. The van der Waals surface area contributed by atoms with E-state index in [0.717, 1.165) is 19.4 Å². The summed E-state index contributed by atoms with van der Waals surface area (Å²) < 4.78 is 0. The molecule has 1 aromatic carbocycles. The first-order valence-electron chi connectivity index (χ1n) is 7.34. The predicted molar refractivity (Wildman–Crippen MR) is 85.9 cm³/mol. The van der Waals surface area contributed by atoms with Crippen LogP contribution in [-0.2, 0) is 11.3 Å². The molecule has 0 aliphatic heterocycles. The van der Waals surface area contributed by atoms with Gasteiger partial charge in [-0.15, -0.1) is 0 Å². The highest BCUT2D eigenvalue weighted by atomic mass is 28.3. The molecule has 0 radical (unpaired) electrons. The third-order valence-electron chi connectivity index (χ3n) is 3.50. The molecular weight excluding hydrogens is 250 g/mol. The lowest BCUT2D eigenvalue weighted by Crippen LogP contribution is -2.50.